The molecule has 1 rings (SSSR count). The number of carbonyl (C=O) groups is 1. The maximum absolute atomic E-state index is 12.1. The molecule has 0 saturated heterocycles. The lowest BCUT2D eigenvalue weighted by Crippen LogP contribution is -2.45. The number of benzene rings is 1. The van der Waals surface area contributed by atoms with Crippen LogP contribution in [0.2, 0.25) is 0 Å². The van der Waals surface area contributed by atoms with Crippen LogP contribution in [0.4, 0.5) is 5.69 Å². The standard InChI is InChI=1S/C16H26N2O2/c1-6-11(2)20-13-9-7-8-12(10-13)18-15(19)14(17)16(3,4)5/h7-11,14H,6,17H2,1-5H3,(H,18,19)/t11?,14-/m0/s1. The van der Waals surface area contributed by atoms with Gasteiger partial charge in [-0.1, -0.05) is 33.8 Å². The van der Waals surface area contributed by atoms with E-state index in [0.717, 1.165) is 12.2 Å². The highest BCUT2D eigenvalue weighted by Crippen LogP contribution is 2.22. The smallest absolute Gasteiger partial charge is 0.241 e. The molecule has 2 atom stereocenters. The van der Waals surface area contributed by atoms with E-state index in [2.05, 4.69) is 12.2 Å². The molecule has 0 aliphatic heterocycles. The van der Waals surface area contributed by atoms with Gasteiger partial charge in [0.2, 0.25) is 5.91 Å². The number of anilines is 1. The molecule has 1 unspecified atom stereocenters. The highest BCUT2D eigenvalue weighted by atomic mass is 16.5. The van der Waals surface area contributed by atoms with Crippen molar-refractivity contribution in [2.75, 3.05) is 5.32 Å². The fourth-order valence-electron chi connectivity index (χ4n) is 1.58. The molecule has 0 aliphatic carbocycles. The van der Waals surface area contributed by atoms with Crippen LogP contribution >= 0.6 is 0 Å². The number of hydrogen-bond acceptors (Lipinski definition) is 3. The van der Waals surface area contributed by atoms with Crippen LogP contribution in [-0.4, -0.2) is 18.1 Å². The summed E-state index contributed by atoms with van der Waals surface area (Å²) in [4.78, 5) is 12.1. The molecule has 4 nitrogen and oxygen atoms in total. The Hall–Kier alpha value is -1.55. The molecule has 0 saturated carbocycles. The summed E-state index contributed by atoms with van der Waals surface area (Å²) in [6, 6.07) is 6.83. The lowest BCUT2D eigenvalue weighted by atomic mass is 9.87. The largest absolute Gasteiger partial charge is 0.491 e. The molecule has 0 fully saturated rings. The molecule has 0 radical (unpaired) electrons. The van der Waals surface area contributed by atoms with Gasteiger partial charge in [-0.05, 0) is 30.9 Å². The van der Waals surface area contributed by atoms with Gasteiger partial charge in [-0.3, -0.25) is 4.79 Å². The third-order valence-corrected chi connectivity index (χ3v) is 3.23. The zero-order chi connectivity index (χ0) is 15.3. The third-order valence-electron chi connectivity index (χ3n) is 3.23. The van der Waals surface area contributed by atoms with Crippen LogP contribution in [0.1, 0.15) is 41.0 Å². The van der Waals surface area contributed by atoms with Crippen molar-refractivity contribution in [3.05, 3.63) is 24.3 Å². The first-order chi connectivity index (χ1) is 9.24. The van der Waals surface area contributed by atoms with Gasteiger partial charge in [0.25, 0.3) is 0 Å². The van der Waals surface area contributed by atoms with Crippen molar-refractivity contribution < 1.29 is 9.53 Å². The fourth-order valence-corrected chi connectivity index (χ4v) is 1.58. The van der Waals surface area contributed by atoms with Gasteiger partial charge < -0.3 is 15.8 Å². The van der Waals surface area contributed by atoms with Crippen LogP contribution in [0.5, 0.6) is 5.75 Å². The summed E-state index contributed by atoms with van der Waals surface area (Å²) in [7, 11) is 0. The van der Waals surface area contributed by atoms with Crippen molar-refractivity contribution in [3.8, 4) is 5.75 Å². The second-order valence-corrected chi connectivity index (χ2v) is 6.20. The van der Waals surface area contributed by atoms with Crippen LogP contribution in [0, 0.1) is 5.41 Å². The molecule has 1 amide bonds. The van der Waals surface area contributed by atoms with Crippen molar-refractivity contribution in [3.63, 3.8) is 0 Å². The molecule has 4 heteroatoms. The summed E-state index contributed by atoms with van der Waals surface area (Å²) in [5.41, 5.74) is 6.37. The molecule has 0 bridgehead atoms. The summed E-state index contributed by atoms with van der Waals surface area (Å²) in [6.07, 6.45) is 1.09. The Morgan fingerprint density at radius 1 is 1.40 bits per heavy atom. The zero-order valence-corrected chi connectivity index (χ0v) is 13.1. The van der Waals surface area contributed by atoms with Gasteiger partial charge in [0.1, 0.15) is 5.75 Å². The first-order valence-electron chi connectivity index (χ1n) is 7.07. The molecular weight excluding hydrogens is 252 g/mol. The van der Waals surface area contributed by atoms with E-state index < -0.39 is 6.04 Å². The number of nitrogens with two attached hydrogens (primary N) is 1. The van der Waals surface area contributed by atoms with Crippen molar-refractivity contribution in [1.82, 2.24) is 0 Å². The van der Waals surface area contributed by atoms with Crippen LogP contribution in [0.15, 0.2) is 24.3 Å². The minimum atomic E-state index is -0.554. The quantitative estimate of drug-likeness (QED) is 0.869. The van der Waals surface area contributed by atoms with Gasteiger partial charge in [0.05, 0.1) is 12.1 Å². The van der Waals surface area contributed by atoms with Crippen molar-refractivity contribution in [2.24, 2.45) is 11.1 Å². The Bertz CT molecular complexity index is 452. The number of ether oxygens (including phenoxy) is 1. The Balaban J connectivity index is 2.73. The number of carbonyl (C=O) groups excluding carboxylic acids is 1. The van der Waals surface area contributed by atoms with Crippen molar-refractivity contribution in [2.45, 2.75) is 53.2 Å². The minimum absolute atomic E-state index is 0.151. The summed E-state index contributed by atoms with van der Waals surface area (Å²) >= 11 is 0. The molecule has 0 aliphatic rings. The van der Waals surface area contributed by atoms with Crippen LogP contribution in [-0.2, 0) is 4.79 Å². The Morgan fingerprint density at radius 3 is 2.60 bits per heavy atom. The summed E-state index contributed by atoms with van der Waals surface area (Å²) in [5, 5.41) is 2.84. The normalized spacial score (nSPS) is 14.5. The average molecular weight is 278 g/mol. The minimum Gasteiger partial charge on any atom is -0.491 e. The number of hydrogen-bond donors (Lipinski definition) is 2. The van der Waals surface area contributed by atoms with E-state index in [9.17, 15) is 4.79 Å². The number of rotatable bonds is 5. The van der Waals surface area contributed by atoms with E-state index in [4.69, 9.17) is 10.5 Å². The molecule has 112 valence electrons. The zero-order valence-electron chi connectivity index (χ0n) is 13.1. The van der Waals surface area contributed by atoms with E-state index in [1.165, 1.54) is 0 Å². The number of nitrogens with one attached hydrogen (secondary N) is 1. The molecule has 3 N–H and O–H groups in total. The maximum Gasteiger partial charge on any atom is 0.241 e. The first kappa shape index (κ1) is 16.5. The Labute approximate surface area is 121 Å². The fraction of sp³-hybridized carbons (Fsp3) is 0.562. The second kappa shape index (κ2) is 6.75. The van der Waals surface area contributed by atoms with Gasteiger partial charge in [-0.2, -0.15) is 0 Å². The van der Waals surface area contributed by atoms with Crippen LogP contribution < -0.4 is 15.8 Å². The highest BCUT2D eigenvalue weighted by Gasteiger charge is 2.27. The van der Waals surface area contributed by atoms with E-state index in [0.29, 0.717) is 5.69 Å². The Morgan fingerprint density at radius 2 is 2.05 bits per heavy atom. The molecule has 1 aromatic rings. The second-order valence-electron chi connectivity index (χ2n) is 6.20. The van der Waals surface area contributed by atoms with Gasteiger partial charge >= 0.3 is 0 Å². The summed E-state index contributed by atoms with van der Waals surface area (Å²) < 4.78 is 5.73. The van der Waals surface area contributed by atoms with Gasteiger partial charge in [0, 0.05) is 11.8 Å². The van der Waals surface area contributed by atoms with Crippen molar-refractivity contribution in [1.29, 1.82) is 0 Å². The maximum atomic E-state index is 12.1. The third kappa shape index (κ3) is 4.85. The van der Waals surface area contributed by atoms with Crippen molar-refractivity contribution >= 4 is 11.6 Å². The predicted octanol–water partition coefficient (Wildman–Crippen LogP) is 3.18. The van der Waals surface area contributed by atoms with Crippen LogP contribution in [0.25, 0.3) is 0 Å². The van der Waals surface area contributed by atoms with Gasteiger partial charge in [-0.15, -0.1) is 0 Å². The topological polar surface area (TPSA) is 64.3 Å². The SMILES string of the molecule is CCC(C)Oc1cccc(NC(=O)[C@H](N)C(C)(C)C)c1. The first-order valence-corrected chi connectivity index (χ1v) is 7.07. The van der Waals surface area contributed by atoms with Gasteiger partial charge in [0.15, 0.2) is 0 Å². The van der Waals surface area contributed by atoms with E-state index in [1.807, 2.05) is 52.0 Å². The van der Waals surface area contributed by atoms with Crippen LogP contribution in [0.3, 0.4) is 0 Å². The highest BCUT2D eigenvalue weighted by molar-refractivity contribution is 5.95. The number of amides is 1. The van der Waals surface area contributed by atoms with E-state index in [1.54, 1.807) is 0 Å². The lowest BCUT2D eigenvalue weighted by molar-refractivity contribution is -0.119. The summed E-state index contributed by atoms with van der Waals surface area (Å²) in [5.74, 6) is 0.569. The monoisotopic (exact) mass is 278 g/mol. The molecule has 1 aromatic carbocycles. The molecule has 20 heavy (non-hydrogen) atoms. The molecule has 0 heterocycles. The lowest BCUT2D eigenvalue weighted by Gasteiger charge is -2.25. The summed E-state index contributed by atoms with van der Waals surface area (Å²) in [6.45, 7) is 9.92. The molecular formula is C16H26N2O2. The van der Waals surface area contributed by atoms with Gasteiger partial charge in [-0.25, -0.2) is 0 Å². The molecule has 0 aromatic heterocycles. The van der Waals surface area contributed by atoms with E-state index in [-0.39, 0.29) is 17.4 Å². The Kier molecular flexibility index (Phi) is 5.57. The predicted molar refractivity (Wildman–Crippen MR) is 82.9 cm³/mol. The average Bonchev–Trinajstić information content (AvgIpc) is 2.36. The molecule has 0 spiro atoms. The van der Waals surface area contributed by atoms with E-state index >= 15 is 0 Å².